The Bertz CT molecular complexity index is 390. The SMILES string of the molecule is Clc1ccc(NNC2=NCCC2)cc1Cl. The minimum absolute atomic E-state index is 0.539. The molecule has 1 aromatic rings. The summed E-state index contributed by atoms with van der Waals surface area (Å²) in [5.41, 5.74) is 6.95. The maximum Gasteiger partial charge on any atom is 0.115 e. The molecule has 80 valence electrons. The Hall–Kier alpha value is -0.930. The van der Waals surface area contributed by atoms with Crippen LogP contribution in [-0.4, -0.2) is 12.4 Å². The first kappa shape index (κ1) is 10.6. The Balaban J connectivity index is 1.96. The third-order valence-electron chi connectivity index (χ3n) is 2.15. The molecular weight excluding hydrogens is 233 g/mol. The zero-order chi connectivity index (χ0) is 10.7. The Morgan fingerprint density at radius 1 is 1.13 bits per heavy atom. The Labute approximate surface area is 98.5 Å². The van der Waals surface area contributed by atoms with E-state index in [1.165, 1.54) is 0 Å². The fourth-order valence-electron chi connectivity index (χ4n) is 1.36. The minimum atomic E-state index is 0.539. The standard InChI is InChI=1S/C10H11Cl2N3/c11-8-4-3-7(6-9(8)12)14-15-10-2-1-5-13-10/h3-4,6,14H,1-2,5H2,(H,13,15). The lowest BCUT2D eigenvalue weighted by Crippen LogP contribution is -2.27. The molecule has 0 atom stereocenters. The average Bonchev–Trinajstić information content (AvgIpc) is 2.73. The van der Waals surface area contributed by atoms with Crippen LogP contribution in [0.25, 0.3) is 0 Å². The van der Waals surface area contributed by atoms with Gasteiger partial charge >= 0.3 is 0 Å². The van der Waals surface area contributed by atoms with Gasteiger partial charge in [-0.05, 0) is 24.6 Å². The molecule has 0 unspecified atom stereocenters. The van der Waals surface area contributed by atoms with Crippen molar-refractivity contribution >= 4 is 34.7 Å². The predicted molar refractivity (Wildman–Crippen MR) is 64.8 cm³/mol. The zero-order valence-electron chi connectivity index (χ0n) is 8.06. The van der Waals surface area contributed by atoms with Crippen LogP contribution >= 0.6 is 23.2 Å². The molecule has 0 saturated carbocycles. The van der Waals surface area contributed by atoms with Gasteiger partial charge in [-0.1, -0.05) is 23.2 Å². The molecule has 1 aliphatic heterocycles. The fraction of sp³-hybridized carbons (Fsp3) is 0.300. The van der Waals surface area contributed by atoms with Crippen molar-refractivity contribution in [3.8, 4) is 0 Å². The van der Waals surface area contributed by atoms with Crippen LogP contribution in [-0.2, 0) is 0 Å². The Morgan fingerprint density at radius 3 is 2.67 bits per heavy atom. The lowest BCUT2D eigenvalue weighted by atomic mass is 10.3. The van der Waals surface area contributed by atoms with E-state index in [1.807, 2.05) is 6.07 Å². The number of nitrogens with zero attached hydrogens (tertiary/aromatic N) is 1. The quantitative estimate of drug-likeness (QED) is 0.784. The summed E-state index contributed by atoms with van der Waals surface area (Å²) < 4.78 is 0. The van der Waals surface area contributed by atoms with E-state index in [1.54, 1.807) is 12.1 Å². The van der Waals surface area contributed by atoms with E-state index in [2.05, 4.69) is 15.8 Å². The van der Waals surface area contributed by atoms with Crippen molar-refractivity contribution in [3.05, 3.63) is 28.2 Å². The van der Waals surface area contributed by atoms with Gasteiger partial charge in [0.15, 0.2) is 0 Å². The van der Waals surface area contributed by atoms with Crippen LogP contribution in [0.15, 0.2) is 23.2 Å². The van der Waals surface area contributed by atoms with Crippen LogP contribution in [0.4, 0.5) is 5.69 Å². The van der Waals surface area contributed by atoms with Crippen molar-refractivity contribution < 1.29 is 0 Å². The third kappa shape index (κ3) is 2.76. The number of anilines is 1. The Kier molecular flexibility index (Phi) is 3.34. The van der Waals surface area contributed by atoms with Crippen LogP contribution in [0.2, 0.25) is 10.0 Å². The maximum atomic E-state index is 5.88. The highest BCUT2D eigenvalue weighted by molar-refractivity contribution is 6.42. The van der Waals surface area contributed by atoms with E-state index in [0.717, 1.165) is 30.9 Å². The molecule has 0 amide bonds. The second-order valence-corrected chi connectivity index (χ2v) is 4.13. The molecule has 3 nitrogen and oxygen atoms in total. The summed E-state index contributed by atoms with van der Waals surface area (Å²) in [7, 11) is 0. The summed E-state index contributed by atoms with van der Waals surface area (Å²) in [5.74, 6) is 0.987. The monoisotopic (exact) mass is 243 g/mol. The van der Waals surface area contributed by atoms with Gasteiger partial charge in [-0.2, -0.15) is 0 Å². The molecule has 0 aromatic heterocycles. The first-order chi connectivity index (χ1) is 7.25. The number of halogens is 2. The largest absolute Gasteiger partial charge is 0.300 e. The molecule has 1 heterocycles. The predicted octanol–water partition coefficient (Wildman–Crippen LogP) is 3.10. The number of amidine groups is 1. The normalized spacial score (nSPS) is 14.9. The first-order valence-corrected chi connectivity index (χ1v) is 5.52. The summed E-state index contributed by atoms with van der Waals surface area (Å²) >= 11 is 11.7. The number of hydrogen-bond acceptors (Lipinski definition) is 3. The van der Waals surface area contributed by atoms with E-state index in [9.17, 15) is 0 Å². The number of aliphatic imine (C=N–C) groups is 1. The van der Waals surface area contributed by atoms with Crippen molar-refractivity contribution in [3.63, 3.8) is 0 Å². The second-order valence-electron chi connectivity index (χ2n) is 3.31. The lowest BCUT2D eigenvalue weighted by molar-refractivity contribution is 0.944. The van der Waals surface area contributed by atoms with Crippen molar-refractivity contribution in [2.24, 2.45) is 4.99 Å². The van der Waals surface area contributed by atoms with Crippen molar-refractivity contribution in [2.75, 3.05) is 12.0 Å². The van der Waals surface area contributed by atoms with E-state index in [-0.39, 0.29) is 0 Å². The van der Waals surface area contributed by atoms with Gasteiger partial charge in [-0.3, -0.25) is 15.8 Å². The van der Waals surface area contributed by atoms with Gasteiger partial charge in [0.05, 0.1) is 15.7 Å². The zero-order valence-corrected chi connectivity index (χ0v) is 9.57. The lowest BCUT2D eigenvalue weighted by Gasteiger charge is -2.09. The molecular formula is C10H11Cl2N3. The summed E-state index contributed by atoms with van der Waals surface area (Å²) in [6.07, 6.45) is 2.11. The van der Waals surface area contributed by atoms with Gasteiger partial charge in [0.2, 0.25) is 0 Å². The van der Waals surface area contributed by atoms with Crippen LogP contribution in [0.3, 0.4) is 0 Å². The number of nitrogens with one attached hydrogen (secondary N) is 2. The number of rotatable bonds is 2. The van der Waals surface area contributed by atoms with Crippen molar-refractivity contribution in [1.29, 1.82) is 0 Å². The molecule has 5 heteroatoms. The first-order valence-electron chi connectivity index (χ1n) is 4.76. The number of hydrogen-bond donors (Lipinski definition) is 2. The van der Waals surface area contributed by atoms with Gasteiger partial charge in [-0.15, -0.1) is 0 Å². The molecule has 0 spiro atoms. The average molecular weight is 244 g/mol. The van der Waals surface area contributed by atoms with E-state index in [4.69, 9.17) is 23.2 Å². The highest BCUT2D eigenvalue weighted by atomic mass is 35.5. The van der Waals surface area contributed by atoms with Crippen LogP contribution < -0.4 is 10.9 Å². The van der Waals surface area contributed by atoms with Crippen LogP contribution in [0.5, 0.6) is 0 Å². The summed E-state index contributed by atoms with van der Waals surface area (Å²) in [5, 5.41) is 1.09. The van der Waals surface area contributed by atoms with Crippen LogP contribution in [0.1, 0.15) is 12.8 Å². The highest BCUT2D eigenvalue weighted by Crippen LogP contribution is 2.24. The molecule has 0 saturated heterocycles. The van der Waals surface area contributed by atoms with Gasteiger partial charge in [0.1, 0.15) is 5.84 Å². The second kappa shape index (κ2) is 4.73. The maximum absolute atomic E-state index is 5.88. The molecule has 2 rings (SSSR count). The van der Waals surface area contributed by atoms with Gasteiger partial charge < -0.3 is 0 Å². The molecule has 1 aliphatic rings. The Morgan fingerprint density at radius 2 is 2.00 bits per heavy atom. The molecule has 0 bridgehead atoms. The highest BCUT2D eigenvalue weighted by Gasteiger charge is 2.05. The smallest absolute Gasteiger partial charge is 0.115 e. The molecule has 0 radical (unpaired) electrons. The molecule has 1 aromatic carbocycles. The van der Waals surface area contributed by atoms with Crippen LogP contribution in [0, 0.1) is 0 Å². The minimum Gasteiger partial charge on any atom is -0.300 e. The molecule has 0 fully saturated rings. The van der Waals surface area contributed by atoms with Gasteiger partial charge in [0, 0.05) is 13.0 Å². The topological polar surface area (TPSA) is 36.4 Å². The van der Waals surface area contributed by atoms with Crippen molar-refractivity contribution in [2.45, 2.75) is 12.8 Å². The summed E-state index contributed by atoms with van der Waals surface area (Å²) in [6, 6.07) is 5.38. The summed E-state index contributed by atoms with van der Waals surface area (Å²) in [4.78, 5) is 4.27. The number of benzene rings is 1. The molecule has 2 N–H and O–H groups in total. The summed E-state index contributed by atoms with van der Waals surface area (Å²) in [6.45, 7) is 0.908. The number of hydrazine groups is 1. The molecule has 15 heavy (non-hydrogen) atoms. The van der Waals surface area contributed by atoms with Crippen molar-refractivity contribution in [1.82, 2.24) is 5.43 Å². The van der Waals surface area contributed by atoms with Gasteiger partial charge in [0.25, 0.3) is 0 Å². The van der Waals surface area contributed by atoms with E-state index < -0.39 is 0 Å². The fourth-order valence-corrected chi connectivity index (χ4v) is 1.66. The van der Waals surface area contributed by atoms with E-state index >= 15 is 0 Å². The molecule has 0 aliphatic carbocycles. The van der Waals surface area contributed by atoms with Gasteiger partial charge in [-0.25, -0.2) is 0 Å². The third-order valence-corrected chi connectivity index (χ3v) is 2.88. The van der Waals surface area contributed by atoms with E-state index in [0.29, 0.717) is 10.0 Å².